The van der Waals surface area contributed by atoms with E-state index in [1.807, 2.05) is 0 Å². The van der Waals surface area contributed by atoms with Crippen LogP contribution in [0.2, 0.25) is 25.1 Å². The summed E-state index contributed by atoms with van der Waals surface area (Å²) in [5.74, 6) is -5.44. The first-order valence-electron chi connectivity index (χ1n) is 18.0. The normalized spacial score (nSPS) is 11.6. The third kappa shape index (κ3) is 10.8. The lowest BCUT2D eigenvalue weighted by molar-refractivity contribution is -0.115. The third-order valence-electron chi connectivity index (χ3n) is 9.31. The second-order valence-corrected chi connectivity index (χ2v) is 15.4. The van der Waals surface area contributed by atoms with Crippen LogP contribution in [0.15, 0.2) is 84.9 Å². The van der Waals surface area contributed by atoms with Gasteiger partial charge in [0.15, 0.2) is 23.7 Å². The summed E-state index contributed by atoms with van der Waals surface area (Å²) >= 11 is 31.6. The number of hydrogen-bond donors (Lipinski definition) is 6. The van der Waals surface area contributed by atoms with E-state index >= 15 is 0 Å². The molecule has 0 aliphatic carbocycles. The standard InChI is InChI=1S/C43H31Cl5N8O6/c1-20-14-26(41(60)39(37(58)19-50)56-54-35-16-24(11-13-30(35)47)43(62)52-33-9-5-7-28(45)22(33)3)31(48)17-25(20)40(59)38(36(57)18-49)55-53-34-15-23(10-12-29(34)46)42(61)51-32-8-4-6-27(44)21(32)2/h4-17,38-39,53-56H,1-3H3,(H,51,61)(H,52,62). The van der Waals surface area contributed by atoms with Gasteiger partial charge in [0.05, 0.1) is 26.4 Å². The van der Waals surface area contributed by atoms with Gasteiger partial charge in [0, 0.05) is 43.7 Å². The van der Waals surface area contributed by atoms with Crippen molar-refractivity contribution in [3.63, 3.8) is 0 Å². The molecule has 0 spiro atoms. The van der Waals surface area contributed by atoms with E-state index in [0.717, 1.165) is 6.07 Å². The quantitative estimate of drug-likeness (QED) is 0.0236. The topological polar surface area (TPSA) is 222 Å². The molecule has 14 nitrogen and oxygen atoms in total. The zero-order chi connectivity index (χ0) is 45.4. The van der Waals surface area contributed by atoms with E-state index in [4.69, 9.17) is 58.0 Å². The Morgan fingerprint density at radius 1 is 0.500 bits per heavy atom. The number of amides is 2. The SMILES string of the molecule is Cc1cc(C(=O)C(NNc2cc(C(=O)Nc3cccc(Cl)c3C)ccc2Cl)C(=O)C#N)c(Cl)cc1C(=O)C(NNc1cc(C(=O)Nc2cccc(Cl)c2C)ccc1Cl)C(=O)C#N. The first kappa shape index (κ1) is 46.7. The van der Waals surface area contributed by atoms with Crippen LogP contribution in [0, 0.1) is 43.4 Å². The second-order valence-electron chi connectivity index (χ2n) is 13.4. The van der Waals surface area contributed by atoms with E-state index in [0.29, 0.717) is 32.5 Å². The first-order chi connectivity index (χ1) is 29.4. The molecular weight excluding hydrogens is 902 g/mol. The summed E-state index contributed by atoms with van der Waals surface area (Å²) < 4.78 is 0. The minimum absolute atomic E-state index is 0.0621. The average molecular weight is 933 g/mol. The lowest BCUT2D eigenvalue weighted by Gasteiger charge is -2.20. The van der Waals surface area contributed by atoms with E-state index in [1.54, 1.807) is 50.2 Å². The molecule has 2 atom stereocenters. The number of anilines is 4. The fraction of sp³-hybridized carbons (Fsp3) is 0.116. The molecule has 2 amide bonds. The molecule has 62 heavy (non-hydrogen) atoms. The molecule has 0 saturated heterocycles. The number of carbonyl (C=O) groups excluding carboxylic acids is 6. The van der Waals surface area contributed by atoms with Crippen LogP contribution in [-0.4, -0.2) is 47.0 Å². The molecule has 0 saturated carbocycles. The van der Waals surface area contributed by atoms with Gasteiger partial charge in [-0.25, -0.2) is 10.9 Å². The second kappa shape index (κ2) is 20.5. The van der Waals surface area contributed by atoms with Crippen molar-refractivity contribution in [3.05, 3.63) is 149 Å². The van der Waals surface area contributed by atoms with Gasteiger partial charge in [-0.3, -0.25) is 28.8 Å². The molecule has 0 fully saturated rings. The summed E-state index contributed by atoms with van der Waals surface area (Å²) in [4.78, 5) is 79.5. The Kier molecular flexibility index (Phi) is 15.4. The zero-order valence-corrected chi connectivity index (χ0v) is 36.3. The van der Waals surface area contributed by atoms with Gasteiger partial charge in [-0.1, -0.05) is 70.1 Å². The van der Waals surface area contributed by atoms with E-state index in [-0.39, 0.29) is 54.3 Å². The van der Waals surface area contributed by atoms with Gasteiger partial charge in [-0.2, -0.15) is 10.5 Å². The maximum absolute atomic E-state index is 13.8. The van der Waals surface area contributed by atoms with Crippen molar-refractivity contribution >= 4 is 116 Å². The Morgan fingerprint density at radius 3 is 1.34 bits per heavy atom. The minimum Gasteiger partial charge on any atom is -0.322 e. The van der Waals surface area contributed by atoms with E-state index in [1.165, 1.54) is 61.5 Å². The Bertz CT molecular complexity index is 2580. The summed E-state index contributed by atoms with van der Waals surface area (Å²) in [5, 5.41) is 25.2. The largest absolute Gasteiger partial charge is 0.322 e. The van der Waals surface area contributed by atoms with Crippen molar-refractivity contribution in [1.29, 1.82) is 10.5 Å². The maximum Gasteiger partial charge on any atom is 0.258 e. The molecule has 5 aromatic rings. The predicted molar refractivity (Wildman–Crippen MR) is 238 cm³/mol. The molecule has 5 rings (SSSR count). The molecule has 5 aromatic carbocycles. The molecule has 314 valence electrons. The molecule has 19 heteroatoms. The number of aryl methyl sites for hydroxylation is 1. The third-order valence-corrected chi connectivity index (χ3v) is 11.1. The van der Waals surface area contributed by atoms with Crippen molar-refractivity contribution in [1.82, 2.24) is 10.9 Å². The number of hydrogen-bond acceptors (Lipinski definition) is 12. The number of halogens is 5. The van der Waals surface area contributed by atoms with Crippen LogP contribution in [0.3, 0.4) is 0 Å². The van der Waals surface area contributed by atoms with Crippen LogP contribution < -0.4 is 32.3 Å². The smallest absolute Gasteiger partial charge is 0.258 e. The van der Waals surface area contributed by atoms with Crippen LogP contribution in [0.5, 0.6) is 0 Å². The van der Waals surface area contributed by atoms with Gasteiger partial charge in [-0.15, -0.1) is 0 Å². The van der Waals surface area contributed by atoms with Crippen LogP contribution in [0.25, 0.3) is 0 Å². The van der Waals surface area contributed by atoms with Crippen molar-refractivity contribution in [2.75, 3.05) is 21.5 Å². The minimum atomic E-state index is -1.88. The van der Waals surface area contributed by atoms with Gasteiger partial charge < -0.3 is 21.5 Å². The number of ketones is 4. The number of hydrazine groups is 2. The van der Waals surface area contributed by atoms with Crippen LogP contribution in [0.1, 0.15) is 58.1 Å². The number of rotatable bonds is 16. The van der Waals surface area contributed by atoms with Crippen molar-refractivity contribution in [3.8, 4) is 12.1 Å². The monoisotopic (exact) mass is 930 g/mol. The zero-order valence-electron chi connectivity index (χ0n) is 32.5. The lowest BCUT2D eigenvalue weighted by Crippen LogP contribution is -2.46. The molecule has 6 N–H and O–H groups in total. The number of Topliss-reactive ketones (excluding diaryl/α,β-unsaturated/α-hetero) is 4. The number of benzene rings is 5. The van der Waals surface area contributed by atoms with Crippen LogP contribution in [0.4, 0.5) is 22.7 Å². The summed E-state index contributed by atoms with van der Waals surface area (Å²) in [5.41, 5.74) is 12.5. The fourth-order valence-corrected chi connectivity index (χ4v) is 6.71. The Morgan fingerprint density at radius 2 is 0.919 bits per heavy atom. The van der Waals surface area contributed by atoms with Crippen molar-refractivity contribution in [2.45, 2.75) is 32.9 Å². The lowest BCUT2D eigenvalue weighted by atomic mass is 9.93. The molecule has 0 aromatic heterocycles. The number of nitriles is 2. The Hall–Kier alpha value is -6.33. The Balaban J connectivity index is 1.33. The van der Waals surface area contributed by atoms with Gasteiger partial charge in [0.2, 0.25) is 0 Å². The molecule has 0 heterocycles. The highest BCUT2D eigenvalue weighted by Gasteiger charge is 2.33. The predicted octanol–water partition coefficient (Wildman–Crippen LogP) is 8.90. The van der Waals surface area contributed by atoms with Gasteiger partial charge >= 0.3 is 0 Å². The van der Waals surface area contributed by atoms with E-state index < -0.39 is 47.0 Å². The molecule has 0 aliphatic heterocycles. The van der Waals surface area contributed by atoms with Crippen molar-refractivity contribution in [2.24, 2.45) is 0 Å². The number of carbonyl (C=O) groups is 6. The summed E-state index contributed by atoms with van der Waals surface area (Å²) in [6.07, 6.45) is 0. The van der Waals surface area contributed by atoms with Crippen LogP contribution in [-0.2, 0) is 9.59 Å². The molecule has 0 bridgehead atoms. The number of nitrogens with zero attached hydrogens (tertiary/aromatic N) is 2. The fourth-order valence-electron chi connectivity index (χ4n) is 5.78. The van der Waals surface area contributed by atoms with Crippen LogP contribution >= 0.6 is 58.0 Å². The van der Waals surface area contributed by atoms with Gasteiger partial charge in [0.25, 0.3) is 23.4 Å². The summed E-state index contributed by atoms with van der Waals surface area (Å²) in [6.45, 7) is 4.88. The summed E-state index contributed by atoms with van der Waals surface area (Å²) in [7, 11) is 0. The van der Waals surface area contributed by atoms with Gasteiger partial charge in [0.1, 0.15) is 12.1 Å². The molecule has 0 radical (unpaired) electrons. The highest BCUT2D eigenvalue weighted by atomic mass is 35.5. The molecule has 0 aliphatic rings. The van der Waals surface area contributed by atoms with E-state index in [9.17, 15) is 39.3 Å². The van der Waals surface area contributed by atoms with Gasteiger partial charge in [-0.05, 0) is 110 Å². The number of nitrogens with one attached hydrogen (secondary N) is 6. The Labute approximate surface area is 379 Å². The van der Waals surface area contributed by atoms with E-state index in [2.05, 4.69) is 32.3 Å². The average Bonchev–Trinajstić information content (AvgIpc) is 3.25. The maximum atomic E-state index is 13.8. The molecular formula is C43H31Cl5N8O6. The van der Waals surface area contributed by atoms with Crippen molar-refractivity contribution < 1.29 is 28.8 Å². The highest BCUT2D eigenvalue weighted by Crippen LogP contribution is 2.29. The first-order valence-corrected chi connectivity index (χ1v) is 19.9. The molecule has 2 unspecified atom stereocenters. The highest BCUT2D eigenvalue weighted by molar-refractivity contribution is 6.37. The summed E-state index contributed by atoms with van der Waals surface area (Å²) in [6, 6.07) is 19.7.